The molecule has 146 valence electrons. The number of carbonyl (C=O) groups is 1. The summed E-state index contributed by atoms with van der Waals surface area (Å²) in [6.07, 6.45) is 5.07. The first-order valence-corrected chi connectivity index (χ1v) is 10.6. The van der Waals surface area contributed by atoms with Gasteiger partial charge in [-0.25, -0.2) is 9.37 Å². The molecular formula is C21H28FN3OS. The second-order valence-corrected chi connectivity index (χ2v) is 8.51. The Balaban J connectivity index is 1.64. The lowest BCUT2D eigenvalue weighted by atomic mass is 10.1. The van der Waals surface area contributed by atoms with Gasteiger partial charge in [0.15, 0.2) is 0 Å². The predicted octanol–water partition coefficient (Wildman–Crippen LogP) is 4.18. The summed E-state index contributed by atoms with van der Waals surface area (Å²) in [5, 5.41) is 4.11. The number of aryl methyl sites for hydroxylation is 1. The second-order valence-electron chi connectivity index (χ2n) is 7.22. The number of benzene rings is 1. The molecule has 0 bridgehead atoms. The van der Waals surface area contributed by atoms with Crippen LogP contribution in [0.15, 0.2) is 24.3 Å². The van der Waals surface area contributed by atoms with Crippen molar-refractivity contribution in [3.05, 3.63) is 40.0 Å². The zero-order valence-corrected chi connectivity index (χ0v) is 16.9. The fraction of sp³-hybridized carbons (Fsp3) is 0.524. The van der Waals surface area contributed by atoms with E-state index < -0.39 is 0 Å². The van der Waals surface area contributed by atoms with Crippen molar-refractivity contribution in [3.8, 4) is 11.3 Å². The molecule has 1 aromatic heterocycles. The number of hydrogen-bond donors (Lipinski definition) is 1. The van der Waals surface area contributed by atoms with Crippen LogP contribution in [-0.4, -0.2) is 41.5 Å². The van der Waals surface area contributed by atoms with E-state index in [4.69, 9.17) is 0 Å². The van der Waals surface area contributed by atoms with Crippen LogP contribution < -0.4 is 5.32 Å². The summed E-state index contributed by atoms with van der Waals surface area (Å²) in [6, 6.07) is 6.48. The van der Waals surface area contributed by atoms with Gasteiger partial charge in [-0.05, 0) is 63.5 Å². The van der Waals surface area contributed by atoms with E-state index in [1.807, 2.05) is 6.92 Å². The molecule has 2 aromatic rings. The van der Waals surface area contributed by atoms with E-state index in [9.17, 15) is 9.18 Å². The molecule has 0 saturated carbocycles. The Hall–Kier alpha value is -1.79. The fourth-order valence-electron chi connectivity index (χ4n) is 3.58. The van der Waals surface area contributed by atoms with E-state index in [0.29, 0.717) is 6.42 Å². The first kappa shape index (κ1) is 20.0. The number of likely N-dealkylation sites (tertiary alicyclic amines) is 1. The molecule has 27 heavy (non-hydrogen) atoms. The van der Waals surface area contributed by atoms with Crippen LogP contribution in [0.3, 0.4) is 0 Å². The van der Waals surface area contributed by atoms with E-state index in [1.54, 1.807) is 12.1 Å². The molecule has 0 radical (unpaired) electrons. The van der Waals surface area contributed by atoms with Crippen molar-refractivity contribution in [1.29, 1.82) is 0 Å². The van der Waals surface area contributed by atoms with Gasteiger partial charge in [-0.2, -0.15) is 0 Å². The highest BCUT2D eigenvalue weighted by Crippen LogP contribution is 2.28. The fourth-order valence-corrected chi connectivity index (χ4v) is 4.53. The number of rotatable bonds is 7. The SMILES string of the molecule is CCC(CN1CCCCC1)NC(=O)Cc1sc(C)nc1-c1ccc(F)cc1. The molecule has 1 atom stereocenters. The van der Waals surface area contributed by atoms with Crippen molar-refractivity contribution in [3.63, 3.8) is 0 Å². The average molecular weight is 390 g/mol. The number of carbonyl (C=O) groups excluding carboxylic acids is 1. The lowest BCUT2D eigenvalue weighted by molar-refractivity contribution is -0.121. The van der Waals surface area contributed by atoms with Crippen molar-refractivity contribution >= 4 is 17.2 Å². The minimum Gasteiger partial charge on any atom is -0.352 e. The van der Waals surface area contributed by atoms with Gasteiger partial charge in [0.2, 0.25) is 5.91 Å². The average Bonchev–Trinajstić information content (AvgIpc) is 3.02. The molecule has 1 unspecified atom stereocenters. The summed E-state index contributed by atoms with van der Waals surface area (Å²) in [4.78, 5) is 20.6. The number of halogens is 1. The predicted molar refractivity (Wildman–Crippen MR) is 108 cm³/mol. The van der Waals surface area contributed by atoms with Crippen LogP contribution in [-0.2, 0) is 11.2 Å². The minimum absolute atomic E-state index is 0.0332. The molecule has 1 N–H and O–H groups in total. The molecule has 1 aliphatic heterocycles. The zero-order chi connectivity index (χ0) is 19.2. The maximum atomic E-state index is 13.2. The molecular weight excluding hydrogens is 361 g/mol. The van der Waals surface area contributed by atoms with E-state index in [2.05, 4.69) is 22.1 Å². The van der Waals surface area contributed by atoms with Crippen LogP contribution in [0.1, 0.15) is 42.5 Å². The van der Waals surface area contributed by atoms with Gasteiger partial charge < -0.3 is 10.2 Å². The Morgan fingerprint density at radius 2 is 1.96 bits per heavy atom. The maximum Gasteiger partial charge on any atom is 0.225 e. The number of aromatic nitrogens is 1. The topological polar surface area (TPSA) is 45.2 Å². The Kier molecular flexibility index (Phi) is 6.96. The molecule has 1 fully saturated rings. The molecule has 2 heterocycles. The molecule has 0 spiro atoms. The number of hydrogen-bond acceptors (Lipinski definition) is 4. The molecule has 3 rings (SSSR count). The van der Waals surface area contributed by atoms with Gasteiger partial charge in [-0.15, -0.1) is 11.3 Å². The lowest BCUT2D eigenvalue weighted by Gasteiger charge is -2.30. The first-order chi connectivity index (χ1) is 13.0. The van der Waals surface area contributed by atoms with Gasteiger partial charge in [-0.1, -0.05) is 13.3 Å². The first-order valence-electron chi connectivity index (χ1n) is 9.79. The molecule has 0 aliphatic carbocycles. The smallest absolute Gasteiger partial charge is 0.225 e. The molecule has 6 heteroatoms. The van der Waals surface area contributed by atoms with Crippen molar-refractivity contribution < 1.29 is 9.18 Å². The Labute approximate surface area is 164 Å². The molecule has 1 aliphatic rings. The van der Waals surface area contributed by atoms with Crippen LogP contribution in [0, 0.1) is 12.7 Å². The minimum atomic E-state index is -0.270. The molecule has 1 amide bonds. The van der Waals surface area contributed by atoms with Crippen molar-refractivity contribution in [2.75, 3.05) is 19.6 Å². The van der Waals surface area contributed by atoms with Crippen LogP contribution in [0.5, 0.6) is 0 Å². The highest BCUT2D eigenvalue weighted by Gasteiger charge is 2.19. The van der Waals surface area contributed by atoms with Gasteiger partial charge in [0, 0.05) is 23.0 Å². The number of nitrogens with one attached hydrogen (secondary N) is 1. The highest BCUT2D eigenvalue weighted by molar-refractivity contribution is 7.12. The van der Waals surface area contributed by atoms with E-state index in [1.165, 1.54) is 42.7 Å². The monoisotopic (exact) mass is 389 g/mol. The largest absolute Gasteiger partial charge is 0.352 e. The Morgan fingerprint density at radius 1 is 1.26 bits per heavy atom. The van der Waals surface area contributed by atoms with Crippen molar-refractivity contribution in [2.45, 2.75) is 52.0 Å². The van der Waals surface area contributed by atoms with Gasteiger partial charge >= 0.3 is 0 Å². The summed E-state index contributed by atoms with van der Waals surface area (Å²) >= 11 is 1.54. The number of amides is 1. The normalized spacial score (nSPS) is 16.3. The molecule has 1 aromatic carbocycles. The Morgan fingerprint density at radius 3 is 2.63 bits per heavy atom. The number of thiazole rings is 1. The standard InChI is InChI=1S/C21H28FN3OS/c1-3-18(14-25-11-5-4-6-12-25)24-20(26)13-19-21(23-15(2)27-19)16-7-9-17(22)10-8-16/h7-10,18H,3-6,11-14H2,1-2H3,(H,24,26). The van der Waals surface area contributed by atoms with Gasteiger partial charge in [0.05, 0.1) is 17.1 Å². The van der Waals surface area contributed by atoms with Crippen LogP contribution in [0.2, 0.25) is 0 Å². The third-order valence-corrected chi connectivity index (χ3v) is 6.00. The molecule has 1 saturated heterocycles. The lowest BCUT2D eigenvalue weighted by Crippen LogP contribution is -2.45. The number of piperidine rings is 1. The van der Waals surface area contributed by atoms with Crippen LogP contribution >= 0.6 is 11.3 Å². The van der Waals surface area contributed by atoms with Crippen LogP contribution in [0.4, 0.5) is 4.39 Å². The van der Waals surface area contributed by atoms with Crippen LogP contribution in [0.25, 0.3) is 11.3 Å². The number of nitrogens with zero attached hydrogens (tertiary/aromatic N) is 2. The van der Waals surface area contributed by atoms with Gasteiger partial charge in [-0.3, -0.25) is 4.79 Å². The zero-order valence-electron chi connectivity index (χ0n) is 16.1. The highest BCUT2D eigenvalue weighted by atomic mass is 32.1. The van der Waals surface area contributed by atoms with E-state index >= 15 is 0 Å². The summed E-state index contributed by atoms with van der Waals surface area (Å²) in [5.41, 5.74) is 1.64. The van der Waals surface area contributed by atoms with Gasteiger partial charge in [0.25, 0.3) is 0 Å². The molecule has 4 nitrogen and oxygen atoms in total. The summed E-state index contributed by atoms with van der Waals surface area (Å²) < 4.78 is 13.2. The van der Waals surface area contributed by atoms with Gasteiger partial charge in [0.1, 0.15) is 5.82 Å². The third kappa shape index (κ3) is 5.59. The summed E-state index contributed by atoms with van der Waals surface area (Å²) in [7, 11) is 0. The second kappa shape index (κ2) is 9.42. The van der Waals surface area contributed by atoms with E-state index in [-0.39, 0.29) is 17.8 Å². The summed E-state index contributed by atoms with van der Waals surface area (Å²) in [6.45, 7) is 7.25. The van der Waals surface area contributed by atoms with Crippen molar-refractivity contribution in [2.24, 2.45) is 0 Å². The third-order valence-electron chi connectivity index (χ3n) is 5.03. The summed E-state index contributed by atoms with van der Waals surface area (Å²) in [5.74, 6) is -0.237. The quantitative estimate of drug-likeness (QED) is 0.773. The van der Waals surface area contributed by atoms with Crippen molar-refractivity contribution in [1.82, 2.24) is 15.2 Å². The Bertz CT molecular complexity index is 753. The maximum absolute atomic E-state index is 13.2. The van der Waals surface area contributed by atoms with E-state index in [0.717, 1.165) is 47.2 Å².